The zero-order valence-electron chi connectivity index (χ0n) is 11.8. The maximum Gasteiger partial charge on any atom is 0.123 e. The van der Waals surface area contributed by atoms with Crippen molar-refractivity contribution in [1.82, 2.24) is 0 Å². The van der Waals surface area contributed by atoms with Crippen LogP contribution in [0.4, 0.5) is 15.8 Å². The van der Waals surface area contributed by atoms with Gasteiger partial charge in [0.15, 0.2) is 0 Å². The smallest absolute Gasteiger partial charge is 0.123 e. The minimum Gasteiger partial charge on any atom is -0.492 e. The van der Waals surface area contributed by atoms with E-state index in [0.29, 0.717) is 17.9 Å². The summed E-state index contributed by atoms with van der Waals surface area (Å²) in [6.07, 6.45) is 1.24. The largest absolute Gasteiger partial charge is 0.492 e. The van der Waals surface area contributed by atoms with Crippen molar-refractivity contribution in [2.75, 3.05) is 11.9 Å². The quantitative estimate of drug-likeness (QED) is 0.714. The van der Waals surface area contributed by atoms with Crippen LogP contribution in [0.1, 0.15) is 12.5 Å². The Balaban J connectivity index is 2.16. The molecule has 2 rings (SSSR count). The third kappa shape index (κ3) is 4.29. The Bertz CT molecular complexity index is 611. The average molecular weight is 287 g/mol. The van der Waals surface area contributed by atoms with E-state index >= 15 is 0 Å². The second-order valence-corrected chi connectivity index (χ2v) is 4.81. The van der Waals surface area contributed by atoms with E-state index < -0.39 is 0 Å². The van der Waals surface area contributed by atoms with Crippen LogP contribution in [0.2, 0.25) is 0 Å². The molecule has 0 fully saturated rings. The van der Waals surface area contributed by atoms with Gasteiger partial charge in [0.1, 0.15) is 18.2 Å². The van der Waals surface area contributed by atoms with Crippen molar-refractivity contribution >= 4 is 17.6 Å². The third-order valence-electron chi connectivity index (χ3n) is 2.81. The highest BCUT2D eigenvalue weighted by Crippen LogP contribution is 2.24. The minimum atomic E-state index is -0.285. The fourth-order valence-electron chi connectivity index (χ4n) is 1.78. The Morgan fingerprint density at radius 2 is 2.00 bits per heavy atom. The second kappa shape index (κ2) is 6.85. The van der Waals surface area contributed by atoms with Crippen LogP contribution >= 0.6 is 0 Å². The molecule has 0 amide bonds. The molecule has 1 atom stereocenters. The van der Waals surface area contributed by atoms with Crippen LogP contribution in [-0.2, 0) is 0 Å². The molecule has 1 unspecified atom stereocenters. The Morgan fingerprint density at radius 3 is 2.62 bits per heavy atom. The summed E-state index contributed by atoms with van der Waals surface area (Å²) in [7, 11) is 0. The lowest BCUT2D eigenvalue weighted by Crippen LogP contribution is -2.23. The summed E-state index contributed by atoms with van der Waals surface area (Å²) >= 11 is 0. The molecule has 21 heavy (non-hydrogen) atoms. The van der Waals surface area contributed by atoms with E-state index in [1.165, 1.54) is 18.3 Å². The summed E-state index contributed by atoms with van der Waals surface area (Å²) in [5.41, 5.74) is 7.83. The molecule has 0 saturated carbocycles. The molecule has 5 heteroatoms. The third-order valence-corrected chi connectivity index (χ3v) is 2.81. The van der Waals surface area contributed by atoms with Crippen molar-refractivity contribution in [3.8, 4) is 5.75 Å². The highest BCUT2D eigenvalue weighted by molar-refractivity contribution is 5.88. The maximum absolute atomic E-state index is 12.9. The highest BCUT2D eigenvalue weighted by Gasteiger charge is 2.05. The minimum absolute atomic E-state index is 0.0505. The van der Waals surface area contributed by atoms with E-state index in [2.05, 4.69) is 5.32 Å². The number of hydrogen-bond donors (Lipinski definition) is 3. The van der Waals surface area contributed by atoms with Crippen molar-refractivity contribution in [2.24, 2.45) is 5.73 Å². The van der Waals surface area contributed by atoms with Crippen LogP contribution in [0.15, 0.2) is 42.5 Å². The topological polar surface area (TPSA) is 71.1 Å². The molecule has 2 aromatic rings. The van der Waals surface area contributed by atoms with Crippen molar-refractivity contribution < 1.29 is 9.13 Å². The fraction of sp³-hybridized carbons (Fsp3) is 0.188. The summed E-state index contributed by atoms with van der Waals surface area (Å²) in [6, 6.07) is 11.4. The first-order chi connectivity index (χ1) is 10.1. The van der Waals surface area contributed by atoms with E-state index in [1.807, 2.05) is 13.0 Å². The van der Waals surface area contributed by atoms with Gasteiger partial charge in [0.25, 0.3) is 0 Å². The van der Waals surface area contributed by atoms with E-state index in [4.69, 9.17) is 15.9 Å². The number of anilines is 2. The zero-order valence-corrected chi connectivity index (χ0v) is 11.8. The standard InChI is InChI=1S/C16H18FN3O/c1-11(19)10-21-15-6-7-16(12(8-15)9-18)20-14-4-2-13(17)3-5-14/h2-9,11,18,20H,10,19H2,1H3. The van der Waals surface area contributed by atoms with Crippen molar-refractivity contribution in [3.63, 3.8) is 0 Å². The number of hydrogen-bond acceptors (Lipinski definition) is 4. The summed E-state index contributed by atoms with van der Waals surface area (Å²) in [4.78, 5) is 0. The van der Waals surface area contributed by atoms with Gasteiger partial charge in [-0.1, -0.05) is 0 Å². The molecule has 0 saturated heterocycles. The van der Waals surface area contributed by atoms with Gasteiger partial charge in [-0.15, -0.1) is 0 Å². The van der Waals surface area contributed by atoms with Crippen molar-refractivity contribution in [2.45, 2.75) is 13.0 Å². The predicted octanol–water partition coefficient (Wildman–Crippen LogP) is 3.29. The normalized spacial score (nSPS) is 11.8. The van der Waals surface area contributed by atoms with E-state index in [-0.39, 0.29) is 11.9 Å². The molecule has 0 spiro atoms. The lowest BCUT2D eigenvalue weighted by Gasteiger charge is -2.13. The van der Waals surface area contributed by atoms with Gasteiger partial charge < -0.3 is 21.2 Å². The van der Waals surface area contributed by atoms with Crippen LogP contribution in [0.25, 0.3) is 0 Å². The van der Waals surface area contributed by atoms with Crippen molar-refractivity contribution in [1.29, 1.82) is 5.41 Å². The Kier molecular flexibility index (Phi) is 4.90. The monoisotopic (exact) mass is 287 g/mol. The van der Waals surface area contributed by atoms with Gasteiger partial charge in [-0.05, 0) is 49.4 Å². The van der Waals surface area contributed by atoms with E-state index in [9.17, 15) is 4.39 Å². The number of benzene rings is 2. The lowest BCUT2D eigenvalue weighted by atomic mass is 10.1. The van der Waals surface area contributed by atoms with Gasteiger partial charge in [-0.3, -0.25) is 0 Å². The van der Waals surface area contributed by atoms with Crippen LogP contribution in [0.3, 0.4) is 0 Å². The lowest BCUT2D eigenvalue weighted by molar-refractivity contribution is 0.296. The Morgan fingerprint density at radius 1 is 1.29 bits per heavy atom. The van der Waals surface area contributed by atoms with Crippen molar-refractivity contribution in [3.05, 3.63) is 53.8 Å². The molecule has 110 valence electrons. The van der Waals surface area contributed by atoms with Gasteiger partial charge in [-0.2, -0.15) is 0 Å². The molecule has 2 aromatic carbocycles. The van der Waals surface area contributed by atoms with Gasteiger partial charge >= 0.3 is 0 Å². The first-order valence-corrected chi connectivity index (χ1v) is 6.64. The Labute approximate surface area is 123 Å². The summed E-state index contributed by atoms with van der Waals surface area (Å²) < 4.78 is 18.4. The fourth-order valence-corrected chi connectivity index (χ4v) is 1.78. The SMILES string of the molecule is CC(N)COc1ccc(Nc2ccc(F)cc2)c(C=N)c1. The van der Waals surface area contributed by atoms with Gasteiger partial charge in [0.05, 0.1) is 0 Å². The van der Waals surface area contributed by atoms with Gasteiger partial charge in [0.2, 0.25) is 0 Å². The van der Waals surface area contributed by atoms with Crippen LogP contribution in [0.5, 0.6) is 5.75 Å². The molecule has 0 aliphatic carbocycles. The zero-order chi connectivity index (χ0) is 15.2. The molecule has 0 aliphatic heterocycles. The van der Waals surface area contributed by atoms with Crippen LogP contribution in [0, 0.1) is 11.2 Å². The molecule has 4 N–H and O–H groups in total. The molecular formula is C16H18FN3O. The molecule has 0 radical (unpaired) electrons. The molecule has 0 bridgehead atoms. The number of halogens is 1. The summed E-state index contributed by atoms with van der Waals surface area (Å²) in [5.74, 6) is 0.378. The average Bonchev–Trinajstić information content (AvgIpc) is 2.48. The second-order valence-electron chi connectivity index (χ2n) is 4.81. The number of nitrogens with one attached hydrogen (secondary N) is 2. The van der Waals surface area contributed by atoms with Gasteiger partial charge in [0, 0.05) is 29.2 Å². The number of ether oxygens (including phenoxy) is 1. The molecule has 0 aliphatic rings. The first kappa shape index (κ1) is 15.0. The summed E-state index contributed by atoms with van der Waals surface area (Å²) in [6.45, 7) is 2.28. The molecular weight excluding hydrogens is 269 g/mol. The Hall–Kier alpha value is -2.40. The molecule has 4 nitrogen and oxygen atoms in total. The highest BCUT2D eigenvalue weighted by atomic mass is 19.1. The number of nitrogens with two attached hydrogens (primary N) is 1. The van der Waals surface area contributed by atoms with Crippen LogP contribution < -0.4 is 15.8 Å². The van der Waals surface area contributed by atoms with E-state index in [1.54, 1.807) is 24.3 Å². The van der Waals surface area contributed by atoms with E-state index in [0.717, 1.165) is 11.4 Å². The van der Waals surface area contributed by atoms with Gasteiger partial charge in [-0.25, -0.2) is 4.39 Å². The summed E-state index contributed by atoms with van der Waals surface area (Å²) in [5, 5.41) is 10.6. The first-order valence-electron chi connectivity index (χ1n) is 6.64. The van der Waals surface area contributed by atoms with Crippen LogP contribution in [-0.4, -0.2) is 18.9 Å². The molecule has 0 aromatic heterocycles. The molecule has 0 heterocycles. The predicted molar refractivity (Wildman–Crippen MR) is 83.2 cm³/mol. The number of rotatable bonds is 6. The maximum atomic E-state index is 12.9.